The van der Waals surface area contributed by atoms with Crippen molar-refractivity contribution in [2.75, 3.05) is 11.9 Å². The van der Waals surface area contributed by atoms with Crippen molar-refractivity contribution in [2.45, 2.75) is 39.8 Å². The van der Waals surface area contributed by atoms with Gasteiger partial charge < -0.3 is 14.6 Å². The summed E-state index contributed by atoms with van der Waals surface area (Å²) in [6.07, 6.45) is 6.65. The third-order valence-electron chi connectivity index (χ3n) is 2.62. The van der Waals surface area contributed by atoms with E-state index in [0.29, 0.717) is 11.8 Å². The first kappa shape index (κ1) is 14.3. The summed E-state index contributed by atoms with van der Waals surface area (Å²) in [7, 11) is 0. The molecule has 6 heteroatoms. The number of anilines is 1. The Hall–Kier alpha value is -2.11. The molecule has 2 heterocycles. The summed E-state index contributed by atoms with van der Waals surface area (Å²) in [5.41, 5.74) is 0.896. The zero-order valence-electron chi connectivity index (χ0n) is 12.2. The summed E-state index contributed by atoms with van der Waals surface area (Å²) in [6, 6.07) is 1.84. The number of imidazole rings is 1. The Morgan fingerprint density at radius 2 is 2.20 bits per heavy atom. The third-order valence-corrected chi connectivity index (χ3v) is 2.62. The average molecular weight is 275 g/mol. The molecule has 108 valence electrons. The van der Waals surface area contributed by atoms with Gasteiger partial charge in [-0.05, 0) is 27.2 Å². The van der Waals surface area contributed by atoms with Crippen LogP contribution in [0.5, 0.6) is 5.88 Å². The minimum atomic E-state index is 0.110. The van der Waals surface area contributed by atoms with Crippen LogP contribution in [0.15, 0.2) is 24.8 Å². The summed E-state index contributed by atoms with van der Waals surface area (Å²) in [4.78, 5) is 12.7. The number of hydrogen-bond donors (Lipinski definition) is 1. The Morgan fingerprint density at radius 3 is 2.90 bits per heavy atom. The molecule has 0 aromatic carbocycles. The van der Waals surface area contributed by atoms with Crippen LogP contribution in [0.2, 0.25) is 0 Å². The van der Waals surface area contributed by atoms with Gasteiger partial charge in [0, 0.05) is 37.2 Å². The van der Waals surface area contributed by atoms with Crippen molar-refractivity contribution in [3.05, 3.63) is 30.5 Å². The Bertz CT molecular complexity index is 524. The van der Waals surface area contributed by atoms with Crippen molar-refractivity contribution in [3.63, 3.8) is 0 Å². The Morgan fingerprint density at radius 1 is 1.35 bits per heavy atom. The molecule has 0 aliphatic carbocycles. The fourth-order valence-electron chi connectivity index (χ4n) is 1.80. The van der Waals surface area contributed by atoms with Crippen LogP contribution in [0.1, 0.15) is 26.0 Å². The van der Waals surface area contributed by atoms with E-state index in [1.807, 2.05) is 43.9 Å². The fraction of sp³-hybridized carbons (Fsp3) is 0.500. The minimum absolute atomic E-state index is 0.110. The highest BCUT2D eigenvalue weighted by Crippen LogP contribution is 2.13. The standard InChI is InChI=1S/C14H21N5O/c1-11(2)20-13-9-12(3)17-14(18-13)16-5-4-7-19-8-6-15-10-19/h6,8-11H,4-5,7H2,1-3H3,(H,16,17,18). The Balaban J connectivity index is 1.84. The van der Waals surface area contributed by atoms with E-state index >= 15 is 0 Å². The maximum absolute atomic E-state index is 5.60. The normalized spacial score (nSPS) is 10.8. The van der Waals surface area contributed by atoms with Gasteiger partial charge in [-0.3, -0.25) is 0 Å². The molecule has 0 saturated heterocycles. The van der Waals surface area contributed by atoms with Crippen molar-refractivity contribution in [3.8, 4) is 5.88 Å². The van der Waals surface area contributed by atoms with E-state index in [4.69, 9.17) is 4.74 Å². The molecule has 0 aliphatic rings. The van der Waals surface area contributed by atoms with Crippen LogP contribution in [0.4, 0.5) is 5.95 Å². The molecule has 0 spiro atoms. The van der Waals surface area contributed by atoms with Crippen molar-refractivity contribution in [2.24, 2.45) is 0 Å². The maximum atomic E-state index is 5.60. The molecular formula is C14H21N5O. The second kappa shape index (κ2) is 6.88. The van der Waals surface area contributed by atoms with E-state index < -0.39 is 0 Å². The van der Waals surface area contributed by atoms with Gasteiger partial charge in [-0.1, -0.05) is 0 Å². The van der Waals surface area contributed by atoms with Gasteiger partial charge in [-0.25, -0.2) is 9.97 Å². The molecule has 0 atom stereocenters. The molecule has 2 aromatic heterocycles. The first-order valence-electron chi connectivity index (χ1n) is 6.85. The molecule has 0 saturated carbocycles. The molecule has 0 fully saturated rings. The van der Waals surface area contributed by atoms with Gasteiger partial charge in [0.05, 0.1) is 12.4 Å². The summed E-state index contributed by atoms with van der Waals surface area (Å²) >= 11 is 0. The SMILES string of the molecule is Cc1cc(OC(C)C)nc(NCCCn2ccnc2)n1. The van der Waals surface area contributed by atoms with Crippen molar-refractivity contribution >= 4 is 5.95 Å². The van der Waals surface area contributed by atoms with Crippen LogP contribution in [0.3, 0.4) is 0 Å². The molecule has 6 nitrogen and oxygen atoms in total. The zero-order chi connectivity index (χ0) is 14.4. The van der Waals surface area contributed by atoms with Gasteiger partial charge in [0.2, 0.25) is 11.8 Å². The quantitative estimate of drug-likeness (QED) is 0.785. The topological polar surface area (TPSA) is 64.9 Å². The van der Waals surface area contributed by atoms with Gasteiger partial charge in [0.1, 0.15) is 0 Å². The summed E-state index contributed by atoms with van der Waals surface area (Å²) in [6.45, 7) is 7.63. The number of ether oxygens (including phenoxy) is 1. The van der Waals surface area contributed by atoms with Gasteiger partial charge in [0.15, 0.2) is 0 Å². The molecule has 0 unspecified atom stereocenters. The zero-order valence-corrected chi connectivity index (χ0v) is 12.2. The lowest BCUT2D eigenvalue weighted by Crippen LogP contribution is -2.11. The molecular weight excluding hydrogens is 254 g/mol. The minimum Gasteiger partial charge on any atom is -0.475 e. The lowest BCUT2D eigenvalue weighted by Gasteiger charge is -2.11. The highest BCUT2D eigenvalue weighted by Gasteiger charge is 2.04. The van der Waals surface area contributed by atoms with Crippen LogP contribution in [-0.4, -0.2) is 32.2 Å². The fourth-order valence-corrected chi connectivity index (χ4v) is 1.80. The van der Waals surface area contributed by atoms with E-state index in [2.05, 4.69) is 20.3 Å². The highest BCUT2D eigenvalue weighted by molar-refractivity contribution is 5.30. The van der Waals surface area contributed by atoms with Crippen LogP contribution in [0, 0.1) is 6.92 Å². The van der Waals surface area contributed by atoms with E-state index in [1.54, 1.807) is 6.20 Å². The second-order valence-electron chi connectivity index (χ2n) is 4.92. The first-order chi connectivity index (χ1) is 9.63. The lowest BCUT2D eigenvalue weighted by atomic mass is 10.4. The highest BCUT2D eigenvalue weighted by atomic mass is 16.5. The number of aryl methyl sites for hydroxylation is 2. The number of nitrogens with one attached hydrogen (secondary N) is 1. The van der Waals surface area contributed by atoms with E-state index in [9.17, 15) is 0 Å². The molecule has 0 radical (unpaired) electrons. The van der Waals surface area contributed by atoms with E-state index in [1.165, 1.54) is 0 Å². The lowest BCUT2D eigenvalue weighted by molar-refractivity contribution is 0.232. The molecule has 0 amide bonds. The van der Waals surface area contributed by atoms with Gasteiger partial charge in [0.25, 0.3) is 0 Å². The van der Waals surface area contributed by atoms with Gasteiger partial charge in [-0.2, -0.15) is 4.98 Å². The predicted octanol–water partition coefficient (Wildman–Crippen LogP) is 2.27. The van der Waals surface area contributed by atoms with Crippen LogP contribution < -0.4 is 10.1 Å². The van der Waals surface area contributed by atoms with E-state index in [0.717, 1.165) is 25.2 Å². The molecule has 1 N–H and O–H groups in total. The van der Waals surface area contributed by atoms with Crippen molar-refractivity contribution < 1.29 is 4.74 Å². The Kier molecular flexibility index (Phi) is 4.92. The molecule has 2 rings (SSSR count). The molecule has 20 heavy (non-hydrogen) atoms. The Labute approximate surface area is 119 Å². The maximum Gasteiger partial charge on any atom is 0.226 e. The van der Waals surface area contributed by atoms with E-state index in [-0.39, 0.29) is 6.10 Å². The second-order valence-corrected chi connectivity index (χ2v) is 4.92. The molecule has 0 bridgehead atoms. The number of hydrogen-bond acceptors (Lipinski definition) is 5. The third kappa shape index (κ3) is 4.53. The van der Waals surface area contributed by atoms with Crippen LogP contribution in [-0.2, 0) is 6.54 Å². The predicted molar refractivity (Wildman–Crippen MR) is 77.9 cm³/mol. The van der Waals surface area contributed by atoms with Crippen molar-refractivity contribution in [1.29, 1.82) is 0 Å². The number of aromatic nitrogens is 4. The summed E-state index contributed by atoms with van der Waals surface area (Å²) < 4.78 is 7.65. The number of rotatable bonds is 7. The first-order valence-corrected chi connectivity index (χ1v) is 6.85. The monoisotopic (exact) mass is 275 g/mol. The van der Waals surface area contributed by atoms with Crippen LogP contribution in [0.25, 0.3) is 0 Å². The van der Waals surface area contributed by atoms with Gasteiger partial charge >= 0.3 is 0 Å². The molecule has 2 aromatic rings. The van der Waals surface area contributed by atoms with Crippen molar-refractivity contribution in [1.82, 2.24) is 19.5 Å². The average Bonchev–Trinajstić information content (AvgIpc) is 2.86. The smallest absolute Gasteiger partial charge is 0.226 e. The molecule has 0 aliphatic heterocycles. The largest absolute Gasteiger partial charge is 0.475 e. The van der Waals surface area contributed by atoms with Crippen LogP contribution >= 0.6 is 0 Å². The number of nitrogens with zero attached hydrogens (tertiary/aromatic N) is 4. The summed E-state index contributed by atoms with van der Waals surface area (Å²) in [5.74, 6) is 1.23. The van der Waals surface area contributed by atoms with Gasteiger partial charge in [-0.15, -0.1) is 0 Å². The summed E-state index contributed by atoms with van der Waals surface area (Å²) in [5, 5.41) is 3.23.